The Morgan fingerprint density at radius 1 is 1.00 bits per heavy atom. The van der Waals surface area contributed by atoms with Crippen LogP contribution in [0.3, 0.4) is 0 Å². The Kier molecular flexibility index (Phi) is 7.97. The molecule has 10 nitrogen and oxygen atoms in total. The number of fused-ring (bicyclic) bond motifs is 1. The number of aromatic hydroxyl groups is 1. The molecule has 0 aliphatic rings. The van der Waals surface area contributed by atoms with E-state index in [0.29, 0.717) is 17.5 Å². The van der Waals surface area contributed by atoms with Crippen molar-refractivity contribution in [2.75, 3.05) is 17.5 Å². The first-order chi connectivity index (χ1) is 17.9. The van der Waals surface area contributed by atoms with Gasteiger partial charge in [-0.2, -0.15) is 8.42 Å². The van der Waals surface area contributed by atoms with Gasteiger partial charge >= 0.3 is 10.1 Å². The molecule has 12 heteroatoms. The summed E-state index contributed by atoms with van der Waals surface area (Å²) in [5, 5.41) is 24.7. The maximum absolute atomic E-state index is 12.7. The van der Waals surface area contributed by atoms with E-state index in [2.05, 4.69) is 15.0 Å². The molecule has 3 aromatic carbocycles. The van der Waals surface area contributed by atoms with Crippen LogP contribution in [0, 0.1) is 0 Å². The highest BCUT2D eigenvalue weighted by Gasteiger charge is 2.19. The van der Waals surface area contributed by atoms with Crippen LogP contribution in [0.4, 0.5) is 5.69 Å². The minimum atomic E-state index is -4.02. The molecule has 0 saturated carbocycles. The van der Waals surface area contributed by atoms with Crippen LogP contribution in [0.25, 0.3) is 10.9 Å². The number of anilines is 1. The van der Waals surface area contributed by atoms with Gasteiger partial charge in [0.1, 0.15) is 10.6 Å². The van der Waals surface area contributed by atoms with Gasteiger partial charge in [0.05, 0.1) is 17.9 Å². The molecule has 0 fully saturated rings. The summed E-state index contributed by atoms with van der Waals surface area (Å²) in [5.41, 5.74) is 2.30. The average Bonchev–Trinajstić information content (AvgIpc) is 3.25. The van der Waals surface area contributed by atoms with Gasteiger partial charge in [-0.25, -0.2) is 8.42 Å². The first-order valence-corrected chi connectivity index (χ1v) is 15.0. The van der Waals surface area contributed by atoms with E-state index in [0.717, 1.165) is 17.2 Å². The molecule has 4 rings (SSSR count). The molecular weight excluding hydrogens is 530 g/mol. The fraction of sp³-hybridized carbons (Fsp3) is 0.231. The zero-order valence-corrected chi connectivity index (χ0v) is 22.4. The topological polar surface area (TPSA) is 158 Å². The highest BCUT2D eigenvalue weighted by atomic mass is 32.2. The maximum Gasteiger partial charge on any atom is 0.306 e. The second-order valence-electron chi connectivity index (χ2n) is 9.01. The standard InChI is InChI=1S/C26H29N3O7S2/c1-17(13-19-15-28-26-21(19)9-6-11-24(26)36-37(2,32)33)27-16-23(31)18-7-5-8-20(14-18)29-38(34,35)25-12-4-3-10-22(25)30/h3-12,14-15,17,23,27-31H,13,16H2,1-2H3/t17-,23+/m1/s1. The molecule has 0 radical (unpaired) electrons. The minimum absolute atomic E-state index is 0.0501. The van der Waals surface area contributed by atoms with Gasteiger partial charge in [-0.3, -0.25) is 4.72 Å². The zero-order valence-electron chi connectivity index (χ0n) is 20.7. The third-order valence-electron chi connectivity index (χ3n) is 5.87. The summed E-state index contributed by atoms with van der Waals surface area (Å²) in [6.45, 7) is 2.17. The maximum atomic E-state index is 12.7. The third kappa shape index (κ3) is 6.64. The van der Waals surface area contributed by atoms with Crippen molar-refractivity contribution in [3.8, 4) is 11.5 Å². The van der Waals surface area contributed by atoms with E-state index in [-0.39, 0.29) is 34.7 Å². The van der Waals surface area contributed by atoms with Crippen molar-refractivity contribution in [1.29, 1.82) is 0 Å². The highest BCUT2D eigenvalue weighted by molar-refractivity contribution is 7.92. The molecule has 4 aromatic rings. The van der Waals surface area contributed by atoms with Crippen molar-refractivity contribution in [3.05, 3.63) is 84.1 Å². The molecule has 202 valence electrons. The summed E-state index contributed by atoms with van der Waals surface area (Å²) in [4.78, 5) is 2.84. The first kappa shape index (κ1) is 27.5. The Labute approximate surface area is 221 Å². The van der Waals surface area contributed by atoms with Crippen molar-refractivity contribution in [2.45, 2.75) is 30.4 Å². The smallest absolute Gasteiger partial charge is 0.306 e. The molecule has 0 saturated heterocycles. The van der Waals surface area contributed by atoms with Gasteiger partial charge < -0.3 is 24.7 Å². The molecule has 1 heterocycles. The predicted octanol–water partition coefficient (Wildman–Crippen LogP) is 3.27. The Morgan fingerprint density at radius 3 is 2.47 bits per heavy atom. The van der Waals surface area contributed by atoms with Gasteiger partial charge in [-0.1, -0.05) is 36.4 Å². The van der Waals surface area contributed by atoms with Crippen LogP contribution in [0.15, 0.2) is 77.8 Å². The Hall–Kier alpha value is -3.58. The number of phenolic OH excluding ortho intramolecular Hbond substituents is 1. The van der Waals surface area contributed by atoms with E-state index in [1.165, 1.54) is 30.3 Å². The molecule has 38 heavy (non-hydrogen) atoms. The Balaban J connectivity index is 1.39. The molecule has 5 N–H and O–H groups in total. The molecule has 0 bridgehead atoms. The quantitative estimate of drug-likeness (QED) is 0.175. The lowest BCUT2D eigenvalue weighted by Crippen LogP contribution is -2.32. The zero-order chi connectivity index (χ0) is 27.5. The van der Waals surface area contributed by atoms with Gasteiger partial charge in [0, 0.05) is 29.9 Å². The van der Waals surface area contributed by atoms with Crippen molar-refractivity contribution in [1.82, 2.24) is 10.3 Å². The number of hydrogen-bond donors (Lipinski definition) is 5. The van der Waals surface area contributed by atoms with Crippen LogP contribution in [0.1, 0.15) is 24.2 Å². The molecule has 0 unspecified atom stereocenters. The van der Waals surface area contributed by atoms with E-state index in [9.17, 15) is 27.0 Å². The van der Waals surface area contributed by atoms with Crippen LogP contribution in [-0.2, 0) is 26.6 Å². The fourth-order valence-corrected chi connectivity index (χ4v) is 5.74. The van der Waals surface area contributed by atoms with Crippen molar-refractivity contribution in [3.63, 3.8) is 0 Å². The van der Waals surface area contributed by atoms with E-state index in [1.807, 2.05) is 13.0 Å². The van der Waals surface area contributed by atoms with Crippen LogP contribution < -0.4 is 14.2 Å². The lowest BCUT2D eigenvalue weighted by Gasteiger charge is -2.18. The third-order valence-corrected chi connectivity index (χ3v) is 7.78. The molecule has 0 spiro atoms. The summed E-state index contributed by atoms with van der Waals surface area (Å²) in [7, 11) is -7.68. The number of aromatic nitrogens is 1. The van der Waals surface area contributed by atoms with E-state index in [4.69, 9.17) is 4.18 Å². The number of aliphatic hydroxyl groups is 1. The number of sulfonamides is 1. The van der Waals surface area contributed by atoms with Crippen LogP contribution in [0.2, 0.25) is 0 Å². The number of H-pyrrole nitrogens is 1. The van der Waals surface area contributed by atoms with E-state index >= 15 is 0 Å². The number of para-hydroxylation sites is 2. The number of benzene rings is 3. The minimum Gasteiger partial charge on any atom is -0.507 e. The van der Waals surface area contributed by atoms with Gasteiger partial charge in [0.25, 0.3) is 10.0 Å². The van der Waals surface area contributed by atoms with Crippen molar-refractivity contribution < 1.29 is 31.2 Å². The van der Waals surface area contributed by atoms with Crippen LogP contribution in [0.5, 0.6) is 11.5 Å². The lowest BCUT2D eigenvalue weighted by molar-refractivity contribution is 0.170. The van der Waals surface area contributed by atoms with Crippen molar-refractivity contribution >= 4 is 36.7 Å². The normalized spacial score (nSPS) is 13.8. The molecular formula is C26H29N3O7S2. The predicted molar refractivity (Wildman–Crippen MR) is 145 cm³/mol. The molecule has 1 aromatic heterocycles. The largest absolute Gasteiger partial charge is 0.507 e. The van der Waals surface area contributed by atoms with Gasteiger partial charge in [0.15, 0.2) is 5.75 Å². The summed E-state index contributed by atoms with van der Waals surface area (Å²) in [6.07, 6.45) is 2.47. The summed E-state index contributed by atoms with van der Waals surface area (Å²) in [6, 6.07) is 17.2. The lowest BCUT2D eigenvalue weighted by atomic mass is 10.0. The second-order valence-corrected chi connectivity index (χ2v) is 12.2. The van der Waals surface area contributed by atoms with Crippen LogP contribution in [-0.4, -0.2) is 50.9 Å². The SMILES string of the molecule is C[C@H](Cc1c[nH]c2c(OS(C)(=O)=O)cccc12)NC[C@H](O)c1cccc(NS(=O)(=O)c2ccccc2O)c1. The van der Waals surface area contributed by atoms with E-state index < -0.39 is 26.2 Å². The first-order valence-electron chi connectivity index (χ1n) is 11.7. The summed E-state index contributed by atoms with van der Waals surface area (Å²) >= 11 is 0. The molecule has 0 aliphatic heterocycles. The summed E-state index contributed by atoms with van der Waals surface area (Å²) < 4.78 is 55.9. The number of rotatable bonds is 11. The number of nitrogens with one attached hydrogen (secondary N) is 3. The second kappa shape index (κ2) is 11.0. The Bertz CT molecular complexity index is 1650. The summed E-state index contributed by atoms with van der Waals surface area (Å²) in [5.74, 6) is -0.131. The van der Waals surface area contributed by atoms with Crippen LogP contribution >= 0.6 is 0 Å². The highest BCUT2D eigenvalue weighted by Crippen LogP contribution is 2.29. The number of aromatic amines is 1. The van der Waals surface area contributed by atoms with Gasteiger partial charge in [0.2, 0.25) is 0 Å². The number of hydrogen-bond acceptors (Lipinski definition) is 8. The number of phenols is 1. The Morgan fingerprint density at radius 2 is 1.74 bits per heavy atom. The average molecular weight is 560 g/mol. The van der Waals surface area contributed by atoms with Gasteiger partial charge in [-0.15, -0.1) is 0 Å². The number of aliphatic hydroxyl groups excluding tert-OH is 1. The molecule has 2 atom stereocenters. The molecule has 0 amide bonds. The van der Waals surface area contributed by atoms with E-state index in [1.54, 1.807) is 36.5 Å². The van der Waals surface area contributed by atoms with Crippen molar-refractivity contribution in [2.24, 2.45) is 0 Å². The monoisotopic (exact) mass is 559 g/mol. The molecule has 0 aliphatic carbocycles. The fourth-order valence-electron chi connectivity index (χ4n) is 4.12. The van der Waals surface area contributed by atoms with Gasteiger partial charge in [-0.05, 0) is 54.8 Å².